The summed E-state index contributed by atoms with van der Waals surface area (Å²) in [6.45, 7) is 11.5. The van der Waals surface area contributed by atoms with Gasteiger partial charge >= 0.3 is 0 Å². The van der Waals surface area contributed by atoms with Crippen LogP contribution in [0.25, 0.3) is 0 Å². The quantitative estimate of drug-likeness (QED) is 0.894. The molecule has 2 heteroatoms. The molecule has 1 saturated heterocycles. The first kappa shape index (κ1) is 14.4. The van der Waals surface area contributed by atoms with Gasteiger partial charge in [-0.25, -0.2) is 0 Å². The lowest BCUT2D eigenvalue weighted by Crippen LogP contribution is -2.52. The molecule has 1 unspecified atom stereocenters. The van der Waals surface area contributed by atoms with Crippen LogP contribution in [0.4, 0.5) is 5.69 Å². The molecule has 1 N–H and O–H groups in total. The molecule has 0 aliphatic carbocycles. The van der Waals surface area contributed by atoms with Gasteiger partial charge in [0.05, 0.1) is 0 Å². The third-order valence-corrected chi connectivity index (χ3v) is 4.48. The van der Waals surface area contributed by atoms with Crippen molar-refractivity contribution < 1.29 is 0 Å². The number of anilines is 1. The zero-order valence-electron chi connectivity index (χ0n) is 13.1. The second-order valence-corrected chi connectivity index (χ2v) is 6.68. The van der Waals surface area contributed by atoms with Crippen LogP contribution in [0.3, 0.4) is 0 Å². The molecule has 19 heavy (non-hydrogen) atoms. The van der Waals surface area contributed by atoms with Gasteiger partial charge in [0.15, 0.2) is 0 Å². The van der Waals surface area contributed by atoms with Gasteiger partial charge in [-0.1, -0.05) is 12.1 Å². The predicted octanol–water partition coefficient (Wildman–Crippen LogP) is 3.52. The van der Waals surface area contributed by atoms with Crippen LogP contribution in [-0.4, -0.2) is 25.7 Å². The Bertz CT molecular complexity index is 437. The summed E-state index contributed by atoms with van der Waals surface area (Å²) in [6.07, 6.45) is 2.60. The Balaban J connectivity index is 2.30. The zero-order chi connectivity index (χ0) is 14.0. The van der Waals surface area contributed by atoms with Gasteiger partial charge in [-0.2, -0.15) is 0 Å². The first-order valence-electron chi connectivity index (χ1n) is 7.43. The summed E-state index contributed by atoms with van der Waals surface area (Å²) >= 11 is 0. The lowest BCUT2D eigenvalue weighted by Gasteiger charge is -2.48. The van der Waals surface area contributed by atoms with Gasteiger partial charge in [-0.3, -0.25) is 0 Å². The minimum absolute atomic E-state index is 0.267. The van der Waals surface area contributed by atoms with Gasteiger partial charge in [0.2, 0.25) is 0 Å². The molecule has 1 heterocycles. The highest BCUT2D eigenvalue weighted by Gasteiger charge is 2.34. The van der Waals surface area contributed by atoms with Crippen molar-refractivity contribution in [2.24, 2.45) is 5.92 Å². The lowest BCUT2D eigenvalue weighted by atomic mass is 9.83. The molecule has 0 bridgehead atoms. The van der Waals surface area contributed by atoms with Crippen LogP contribution >= 0.6 is 0 Å². The monoisotopic (exact) mass is 260 g/mol. The van der Waals surface area contributed by atoms with Crippen LogP contribution in [0.15, 0.2) is 18.2 Å². The number of aryl methyl sites for hydroxylation is 2. The smallest absolute Gasteiger partial charge is 0.0403 e. The van der Waals surface area contributed by atoms with E-state index < -0.39 is 0 Å². The zero-order valence-corrected chi connectivity index (χ0v) is 13.1. The molecule has 1 aliphatic heterocycles. The van der Waals surface area contributed by atoms with Gasteiger partial charge in [0.1, 0.15) is 0 Å². The van der Waals surface area contributed by atoms with E-state index in [2.05, 4.69) is 63.2 Å². The average Bonchev–Trinajstić information content (AvgIpc) is 2.35. The minimum atomic E-state index is 0.267. The molecule has 1 fully saturated rings. The third-order valence-electron chi connectivity index (χ3n) is 4.48. The molecule has 0 spiro atoms. The van der Waals surface area contributed by atoms with Gasteiger partial charge < -0.3 is 10.2 Å². The number of rotatable bonds is 3. The number of hydrogen-bond donors (Lipinski definition) is 1. The van der Waals surface area contributed by atoms with E-state index in [0.29, 0.717) is 0 Å². The SMILES string of the molecule is CNCC1CCC(C)(C)N(c2cc(C)ccc2C)C1. The fourth-order valence-electron chi connectivity index (χ4n) is 3.18. The van der Waals surface area contributed by atoms with Gasteiger partial charge in [-0.15, -0.1) is 0 Å². The van der Waals surface area contributed by atoms with Crippen molar-refractivity contribution in [3.8, 4) is 0 Å². The Labute approximate surface area is 118 Å². The Kier molecular flexibility index (Phi) is 4.19. The molecule has 1 aromatic carbocycles. The summed E-state index contributed by atoms with van der Waals surface area (Å²) in [5.74, 6) is 0.762. The second kappa shape index (κ2) is 5.54. The summed E-state index contributed by atoms with van der Waals surface area (Å²) < 4.78 is 0. The van der Waals surface area contributed by atoms with E-state index in [1.54, 1.807) is 0 Å². The fourth-order valence-corrected chi connectivity index (χ4v) is 3.18. The van der Waals surface area contributed by atoms with Crippen LogP contribution in [0.2, 0.25) is 0 Å². The summed E-state index contributed by atoms with van der Waals surface area (Å²) in [5.41, 5.74) is 4.43. The fraction of sp³-hybridized carbons (Fsp3) is 0.647. The molecular formula is C17H28N2. The number of hydrogen-bond acceptors (Lipinski definition) is 2. The van der Waals surface area contributed by atoms with Crippen molar-refractivity contribution in [2.45, 2.75) is 46.1 Å². The predicted molar refractivity (Wildman–Crippen MR) is 84.0 cm³/mol. The van der Waals surface area contributed by atoms with Crippen molar-refractivity contribution in [2.75, 3.05) is 25.0 Å². The highest BCUT2D eigenvalue weighted by molar-refractivity contribution is 5.57. The Morgan fingerprint density at radius 2 is 2.05 bits per heavy atom. The Morgan fingerprint density at radius 3 is 2.74 bits per heavy atom. The highest BCUT2D eigenvalue weighted by Crippen LogP contribution is 2.36. The largest absolute Gasteiger partial charge is 0.366 e. The molecule has 2 rings (SSSR count). The van der Waals surface area contributed by atoms with Crippen LogP contribution in [0.1, 0.15) is 37.8 Å². The van der Waals surface area contributed by atoms with Crippen molar-refractivity contribution in [3.05, 3.63) is 29.3 Å². The van der Waals surface area contributed by atoms with Crippen LogP contribution in [0, 0.1) is 19.8 Å². The maximum atomic E-state index is 3.34. The van der Waals surface area contributed by atoms with E-state index in [1.807, 2.05) is 0 Å². The maximum Gasteiger partial charge on any atom is 0.0403 e. The number of benzene rings is 1. The molecule has 0 aromatic heterocycles. The van der Waals surface area contributed by atoms with Crippen LogP contribution < -0.4 is 10.2 Å². The molecule has 0 amide bonds. The van der Waals surface area contributed by atoms with Gasteiger partial charge in [0.25, 0.3) is 0 Å². The van der Waals surface area contributed by atoms with E-state index in [1.165, 1.54) is 29.7 Å². The van der Waals surface area contributed by atoms with E-state index in [-0.39, 0.29) is 5.54 Å². The van der Waals surface area contributed by atoms with Crippen LogP contribution in [0.5, 0.6) is 0 Å². The van der Waals surface area contributed by atoms with Crippen molar-refractivity contribution in [1.29, 1.82) is 0 Å². The van der Waals surface area contributed by atoms with Gasteiger partial charge in [0, 0.05) is 17.8 Å². The summed E-state index contributed by atoms with van der Waals surface area (Å²) in [7, 11) is 2.06. The third kappa shape index (κ3) is 3.11. The van der Waals surface area contributed by atoms with E-state index in [0.717, 1.165) is 19.0 Å². The van der Waals surface area contributed by atoms with Crippen molar-refractivity contribution >= 4 is 5.69 Å². The minimum Gasteiger partial charge on any atom is -0.366 e. The maximum absolute atomic E-state index is 3.34. The van der Waals surface area contributed by atoms with E-state index in [9.17, 15) is 0 Å². The average molecular weight is 260 g/mol. The van der Waals surface area contributed by atoms with Gasteiger partial charge in [-0.05, 0) is 77.2 Å². The van der Waals surface area contributed by atoms with E-state index in [4.69, 9.17) is 0 Å². The molecule has 0 radical (unpaired) electrons. The first-order valence-corrected chi connectivity index (χ1v) is 7.43. The van der Waals surface area contributed by atoms with Crippen LogP contribution in [-0.2, 0) is 0 Å². The number of nitrogens with one attached hydrogen (secondary N) is 1. The summed E-state index contributed by atoms with van der Waals surface area (Å²) in [5, 5.41) is 3.34. The topological polar surface area (TPSA) is 15.3 Å². The molecule has 0 saturated carbocycles. The highest BCUT2D eigenvalue weighted by atomic mass is 15.2. The molecular weight excluding hydrogens is 232 g/mol. The molecule has 1 atom stereocenters. The first-order chi connectivity index (χ1) is 8.94. The van der Waals surface area contributed by atoms with E-state index >= 15 is 0 Å². The summed E-state index contributed by atoms with van der Waals surface area (Å²) in [4.78, 5) is 2.63. The second-order valence-electron chi connectivity index (χ2n) is 6.68. The standard InChI is InChI=1S/C17H28N2/c1-13-6-7-14(2)16(10-13)19-12-15(11-18-5)8-9-17(19,3)4/h6-7,10,15,18H,8-9,11-12H2,1-5H3. The molecule has 1 aromatic rings. The Morgan fingerprint density at radius 1 is 1.32 bits per heavy atom. The normalized spacial score (nSPS) is 22.6. The summed E-state index contributed by atoms with van der Waals surface area (Å²) in [6, 6.07) is 6.81. The Hall–Kier alpha value is -1.02. The van der Waals surface area contributed by atoms with Crippen molar-refractivity contribution in [1.82, 2.24) is 5.32 Å². The molecule has 106 valence electrons. The molecule has 2 nitrogen and oxygen atoms in total. The number of nitrogens with zero attached hydrogens (tertiary/aromatic N) is 1. The van der Waals surface area contributed by atoms with Crippen molar-refractivity contribution in [3.63, 3.8) is 0 Å². The number of piperidine rings is 1. The lowest BCUT2D eigenvalue weighted by molar-refractivity contribution is 0.286. The molecule has 1 aliphatic rings.